The molecule has 0 fully saturated rings. The van der Waals surface area contributed by atoms with E-state index in [0.29, 0.717) is 17.0 Å². The predicted octanol–water partition coefficient (Wildman–Crippen LogP) is 0.0456. The average molecular weight is 526 g/mol. The van der Waals surface area contributed by atoms with Crippen molar-refractivity contribution in [3.05, 3.63) is 76.6 Å². The van der Waals surface area contributed by atoms with E-state index in [9.17, 15) is 53.0 Å². The van der Waals surface area contributed by atoms with Gasteiger partial charge in [0.15, 0.2) is 0 Å². The van der Waals surface area contributed by atoms with E-state index in [0.717, 1.165) is 12.4 Å². The van der Waals surface area contributed by atoms with Crippen LogP contribution in [0.3, 0.4) is 0 Å². The molecule has 1 amide bonds. The number of amides is 1. The number of rotatable bonds is 5. The molecule has 196 valence electrons. The number of alkyl halides is 3. The van der Waals surface area contributed by atoms with Crippen LogP contribution < -0.4 is 0 Å². The van der Waals surface area contributed by atoms with Crippen molar-refractivity contribution in [1.29, 1.82) is 0 Å². The van der Waals surface area contributed by atoms with Crippen LogP contribution in [-0.4, -0.2) is 75.0 Å². The van der Waals surface area contributed by atoms with Crippen LogP contribution in [0.25, 0.3) is 11.4 Å². The zero-order chi connectivity index (χ0) is 27.3. The quantitative estimate of drug-likeness (QED) is 0.196. The normalized spacial score (nSPS) is 15.5. The number of nitrogens with zero attached hydrogens (tertiary/aromatic N) is 4. The van der Waals surface area contributed by atoms with E-state index in [1.54, 1.807) is 0 Å². The van der Waals surface area contributed by atoms with Gasteiger partial charge in [-0.05, 0) is 47.9 Å². The van der Waals surface area contributed by atoms with Gasteiger partial charge >= 0.3 is 12.3 Å². The molecule has 0 saturated heterocycles. The molecule has 2 aromatic heterocycles. The highest BCUT2D eigenvalue weighted by atomic mass is 19.4. The smallest absolute Gasteiger partial charge is 0.343 e. The molecule has 1 aliphatic rings. The van der Waals surface area contributed by atoms with Gasteiger partial charge in [0.05, 0.1) is 22.6 Å². The number of hydrogen-bond donors (Lipinski definition) is 6. The molecule has 0 bridgehead atoms. The summed E-state index contributed by atoms with van der Waals surface area (Å²) in [5.41, 5.74) is -2.38. The SMILES string of the molecule is O=C1c2ccnc(-c3cc(C(c4cc(F)cc(C(F)(F)F)c4)C(O)(O)O)ncn3)c2CCN1C(O)(O)O. The lowest BCUT2D eigenvalue weighted by atomic mass is 9.90. The summed E-state index contributed by atoms with van der Waals surface area (Å²) in [6.45, 7) is -0.342. The monoisotopic (exact) mass is 526 g/mol. The molecule has 0 aliphatic carbocycles. The topological polar surface area (TPSA) is 180 Å². The number of aliphatic hydroxyl groups is 6. The maximum Gasteiger partial charge on any atom is 0.416 e. The third kappa shape index (κ3) is 5.27. The fourth-order valence-electron chi connectivity index (χ4n) is 4.12. The first-order valence-corrected chi connectivity index (χ1v) is 10.4. The summed E-state index contributed by atoms with van der Waals surface area (Å²) in [5, 5.41) is 58.1. The summed E-state index contributed by atoms with van der Waals surface area (Å²) < 4.78 is 53.7. The fraction of sp³-hybridized carbons (Fsp3) is 0.273. The summed E-state index contributed by atoms with van der Waals surface area (Å²) >= 11 is 0. The second-order valence-electron chi connectivity index (χ2n) is 8.21. The van der Waals surface area contributed by atoms with Crippen LogP contribution in [-0.2, 0) is 12.6 Å². The van der Waals surface area contributed by atoms with Gasteiger partial charge < -0.3 is 30.6 Å². The van der Waals surface area contributed by atoms with Crippen molar-refractivity contribution in [1.82, 2.24) is 19.9 Å². The molecular formula is C22H18F4N4O7. The van der Waals surface area contributed by atoms with Crippen molar-refractivity contribution >= 4 is 5.91 Å². The minimum atomic E-state index is -4.98. The highest BCUT2D eigenvalue weighted by Crippen LogP contribution is 2.38. The Morgan fingerprint density at radius 1 is 0.946 bits per heavy atom. The summed E-state index contributed by atoms with van der Waals surface area (Å²) in [6, 6.07) is 3.48. The minimum absolute atomic E-state index is 0.0424. The van der Waals surface area contributed by atoms with E-state index in [-0.39, 0.29) is 41.5 Å². The Morgan fingerprint density at radius 3 is 2.27 bits per heavy atom. The number of halogens is 4. The first-order valence-electron chi connectivity index (χ1n) is 10.4. The van der Waals surface area contributed by atoms with Gasteiger partial charge in [-0.3, -0.25) is 14.7 Å². The summed E-state index contributed by atoms with van der Waals surface area (Å²) in [4.78, 5) is 25.0. The Kier molecular flexibility index (Phi) is 6.48. The number of fused-ring (bicyclic) bond motifs is 1. The van der Waals surface area contributed by atoms with Crippen LogP contribution in [0, 0.1) is 5.82 Å². The minimum Gasteiger partial charge on any atom is -0.343 e. The Balaban J connectivity index is 1.82. The Hall–Kier alpha value is -3.60. The van der Waals surface area contributed by atoms with Gasteiger partial charge in [0, 0.05) is 18.3 Å². The first kappa shape index (κ1) is 26.5. The van der Waals surface area contributed by atoms with E-state index >= 15 is 0 Å². The van der Waals surface area contributed by atoms with Crippen molar-refractivity contribution in [2.45, 2.75) is 30.6 Å². The van der Waals surface area contributed by atoms with Crippen molar-refractivity contribution in [3.8, 4) is 11.4 Å². The van der Waals surface area contributed by atoms with Crippen LogP contribution in [0.1, 0.15) is 38.7 Å². The van der Waals surface area contributed by atoms with Gasteiger partial charge in [-0.1, -0.05) is 0 Å². The zero-order valence-electron chi connectivity index (χ0n) is 18.4. The molecule has 15 heteroatoms. The average Bonchev–Trinajstić information content (AvgIpc) is 2.76. The lowest BCUT2D eigenvalue weighted by Crippen LogP contribution is -2.54. The van der Waals surface area contributed by atoms with E-state index in [4.69, 9.17) is 0 Å². The summed E-state index contributed by atoms with van der Waals surface area (Å²) in [5.74, 6) is -8.09. The van der Waals surface area contributed by atoms with Gasteiger partial charge in [0.1, 0.15) is 18.1 Å². The Bertz CT molecular complexity index is 1360. The molecule has 0 radical (unpaired) electrons. The lowest BCUT2D eigenvalue weighted by molar-refractivity contribution is -0.378. The van der Waals surface area contributed by atoms with Gasteiger partial charge in [0.25, 0.3) is 11.9 Å². The van der Waals surface area contributed by atoms with Crippen LogP contribution in [0.2, 0.25) is 0 Å². The number of aromatic nitrogens is 3. The van der Waals surface area contributed by atoms with Gasteiger partial charge in [-0.15, -0.1) is 0 Å². The molecule has 1 atom stereocenters. The zero-order valence-corrected chi connectivity index (χ0v) is 18.4. The van der Waals surface area contributed by atoms with Crippen molar-refractivity contribution < 1.29 is 53.0 Å². The van der Waals surface area contributed by atoms with E-state index in [1.807, 2.05) is 0 Å². The number of hydrogen-bond acceptors (Lipinski definition) is 10. The number of benzene rings is 1. The first-order chi connectivity index (χ1) is 17.1. The van der Waals surface area contributed by atoms with Gasteiger partial charge in [0.2, 0.25) is 0 Å². The summed E-state index contributed by atoms with van der Waals surface area (Å²) in [6.07, 6.45) is -6.39. The highest BCUT2D eigenvalue weighted by Gasteiger charge is 2.41. The Morgan fingerprint density at radius 2 is 1.65 bits per heavy atom. The number of pyridine rings is 1. The van der Waals surface area contributed by atoms with Crippen molar-refractivity contribution in [2.24, 2.45) is 0 Å². The standard InChI is InChI=1S/C22H18F4N4O7/c23-12-6-10(5-11(7-12)20(24,25)26)17(21(32,33)34)15-8-16(29-9-28-15)18-13-2-4-30(22(35,36)37)19(31)14(13)1-3-27-18/h1,3,5-9,17,32-37H,2,4H2. The second kappa shape index (κ2) is 9.05. The van der Waals surface area contributed by atoms with E-state index < -0.39 is 52.7 Å². The van der Waals surface area contributed by atoms with Crippen LogP contribution in [0.4, 0.5) is 17.6 Å². The number of carbonyl (C=O) groups excluding carboxylic acids is 1. The third-order valence-electron chi connectivity index (χ3n) is 5.67. The highest BCUT2D eigenvalue weighted by molar-refractivity contribution is 5.98. The summed E-state index contributed by atoms with van der Waals surface area (Å²) in [7, 11) is 0. The molecule has 1 aliphatic heterocycles. The third-order valence-corrected chi connectivity index (χ3v) is 5.67. The van der Waals surface area contributed by atoms with Crippen LogP contribution >= 0.6 is 0 Å². The molecule has 11 nitrogen and oxygen atoms in total. The molecule has 1 unspecified atom stereocenters. The molecule has 3 aromatic rings. The fourth-order valence-corrected chi connectivity index (χ4v) is 4.12. The van der Waals surface area contributed by atoms with Crippen molar-refractivity contribution in [3.63, 3.8) is 0 Å². The number of carbonyl (C=O) groups is 1. The maximum atomic E-state index is 14.0. The van der Waals surface area contributed by atoms with Gasteiger partial charge in [-0.2, -0.15) is 13.2 Å². The van der Waals surface area contributed by atoms with Crippen LogP contribution in [0.15, 0.2) is 42.9 Å². The maximum absolute atomic E-state index is 14.0. The molecule has 6 N–H and O–H groups in total. The second-order valence-corrected chi connectivity index (χ2v) is 8.21. The van der Waals surface area contributed by atoms with E-state index in [1.165, 1.54) is 12.3 Å². The predicted molar refractivity (Wildman–Crippen MR) is 112 cm³/mol. The molecule has 0 spiro atoms. The van der Waals surface area contributed by atoms with Crippen molar-refractivity contribution in [2.75, 3.05) is 6.54 Å². The van der Waals surface area contributed by atoms with Gasteiger partial charge in [-0.25, -0.2) is 14.4 Å². The molecular weight excluding hydrogens is 508 g/mol. The molecule has 4 rings (SSSR count). The molecule has 3 heterocycles. The molecule has 0 saturated carbocycles. The Labute approximate surface area is 204 Å². The molecule has 1 aromatic carbocycles. The van der Waals surface area contributed by atoms with E-state index in [2.05, 4.69) is 15.0 Å². The lowest BCUT2D eigenvalue weighted by Gasteiger charge is -2.34. The largest absolute Gasteiger partial charge is 0.416 e. The van der Waals surface area contributed by atoms with Crippen LogP contribution in [0.5, 0.6) is 0 Å². The molecule has 37 heavy (non-hydrogen) atoms.